The Morgan fingerprint density at radius 2 is 1.94 bits per heavy atom. The lowest BCUT2D eigenvalue weighted by Crippen LogP contribution is -2.33. The number of benzene rings is 2. The van der Waals surface area contributed by atoms with Gasteiger partial charge >= 0.3 is 12.1 Å². The van der Waals surface area contributed by atoms with Gasteiger partial charge in [-0.25, -0.2) is 13.9 Å². The first-order chi connectivity index (χ1) is 22.5. The third kappa shape index (κ3) is 6.22. The van der Waals surface area contributed by atoms with Crippen molar-refractivity contribution in [2.75, 3.05) is 32.0 Å². The summed E-state index contributed by atoms with van der Waals surface area (Å²) in [6, 6.07) is 4.35. The minimum Gasteiger partial charge on any atom is -0.505 e. The van der Waals surface area contributed by atoms with Crippen LogP contribution in [0.25, 0.3) is 32.9 Å². The highest BCUT2D eigenvalue weighted by atomic mass is 28.3. The van der Waals surface area contributed by atoms with Gasteiger partial charge in [-0.1, -0.05) is 19.6 Å². The number of phenolic OH excluding ortho intramolecular Hbond substituents is 1. The van der Waals surface area contributed by atoms with E-state index in [1.807, 2.05) is 6.07 Å². The number of halogens is 1. The first kappa shape index (κ1) is 31.6. The Morgan fingerprint density at radius 1 is 1.13 bits per heavy atom. The molecule has 0 spiro atoms. The maximum absolute atomic E-state index is 15.7. The van der Waals surface area contributed by atoms with Gasteiger partial charge in [0.15, 0.2) is 6.23 Å². The van der Waals surface area contributed by atoms with E-state index in [0.717, 1.165) is 49.1 Å². The standard InChI is InChI=1S/C34H43FN6O5Si/c1-19-25(35)16-26-24(17-37-41(26)27-7-5-6-12-44-27)28(19)29-22(20-8-9-20)15-23-30(31(29)42)38-33(39-32(23)36)46-21-10-11-40(18-21)34(43)45-13-14-47(2,3)4/h15-17,20-21,27,42H,5-14,18H2,1-4H3,(H2,36,38,39)/t21-,27?/m1/s1. The molecule has 1 amide bonds. The van der Waals surface area contributed by atoms with Gasteiger partial charge in [0.2, 0.25) is 0 Å². The molecule has 4 heterocycles. The highest BCUT2D eigenvalue weighted by Gasteiger charge is 2.34. The van der Waals surface area contributed by atoms with Crippen molar-refractivity contribution in [3.05, 3.63) is 35.3 Å². The molecule has 2 saturated heterocycles. The van der Waals surface area contributed by atoms with Crippen LogP contribution in [0.1, 0.15) is 61.8 Å². The van der Waals surface area contributed by atoms with Crippen LogP contribution in [0.4, 0.5) is 15.0 Å². The zero-order valence-electron chi connectivity index (χ0n) is 27.5. The number of anilines is 1. The summed E-state index contributed by atoms with van der Waals surface area (Å²) in [6.07, 6.45) is 6.04. The largest absolute Gasteiger partial charge is 0.505 e. The third-order valence-electron chi connectivity index (χ3n) is 9.55. The molecule has 250 valence electrons. The molecule has 3 N–H and O–H groups in total. The summed E-state index contributed by atoms with van der Waals surface area (Å²) in [5.41, 5.74) is 9.73. The molecule has 3 aliphatic rings. The van der Waals surface area contributed by atoms with Gasteiger partial charge in [0.25, 0.3) is 0 Å². The van der Waals surface area contributed by atoms with Gasteiger partial charge in [0.1, 0.15) is 29.0 Å². The van der Waals surface area contributed by atoms with E-state index in [9.17, 15) is 9.90 Å². The second-order valence-corrected chi connectivity index (χ2v) is 20.0. The Hall–Kier alpha value is -3.97. The number of aromatic hydroxyl groups is 1. The lowest BCUT2D eigenvalue weighted by atomic mass is 9.89. The van der Waals surface area contributed by atoms with Crippen molar-refractivity contribution < 1.29 is 28.5 Å². The Bertz CT molecular complexity index is 1850. The van der Waals surface area contributed by atoms with Crippen LogP contribution < -0.4 is 10.5 Å². The SMILES string of the molecule is Cc1c(F)cc2c(cnn2C2CCCCO2)c1-c1c(C2CC2)cc2c(N)nc(O[C@@H]3CCN(C(=O)OCC[Si](C)(C)C)C3)nc2c1O. The topological polar surface area (TPSA) is 138 Å². The van der Waals surface area contributed by atoms with Crippen molar-refractivity contribution in [1.82, 2.24) is 24.6 Å². The predicted molar refractivity (Wildman–Crippen MR) is 180 cm³/mol. The highest BCUT2D eigenvalue weighted by Crippen LogP contribution is 2.52. The fourth-order valence-corrected chi connectivity index (χ4v) is 7.42. The number of aromatic nitrogens is 4. The molecule has 2 aromatic heterocycles. The number of nitrogen functional groups attached to an aromatic ring is 1. The number of rotatable bonds is 8. The number of phenols is 1. The zero-order valence-corrected chi connectivity index (χ0v) is 28.5. The zero-order chi connectivity index (χ0) is 33.0. The lowest BCUT2D eigenvalue weighted by Gasteiger charge is -2.24. The molecule has 3 fully saturated rings. The maximum atomic E-state index is 15.7. The van der Waals surface area contributed by atoms with Crippen LogP contribution in [-0.4, -0.2) is 76.3 Å². The molecule has 47 heavy (non-hydrogen) atoms. The van der Waals surface area contributed by atoms with Crippen LogP contribution in [0, 0.1) is 12.7 Å². The van der Waals surface area contributed by atoms with E-state index >= 15 is 4.39 Å². The molecule has 0 radical (unpaired) electrons. The lowest BCUT2D eigenvalue weighted by molar-refractivity contribution is -0.0366. The monoisotopic (exact) mass is 662 g/mol. The fraction of sp³-hybridized carbons (Fsp3) is 0.529. The minimum absolute atomic E-state index is 0.0118. The van der Waals surface area contributed by atoms with Crippen molar-refractivity contribution in [2.45, 2.75) is 89.4 Å². The Kier molecular flexibility index (Phi) is 8.23. The summed E-state index contributed by atoms with van der Waals surface area (Å²) in [6.45, 7) is 10.3. The second-order valence-electron chi connectivity index (χ2n) is 14.4. The van der Waals surface area contributed by atoms with Crippen LogP contribution in [0.15, 0.2) is 18.3 Å². The molecule has 1 unspecified atom stereocenters. The molecule has 0 bridgehead atoms. The summed E-state index contributed by atoms with van der Waals surface area (Å²) < 4.78 is 35.1. The third-order valence-corrected chi connectivity index (χ3v) is 11.3. The number of carbonyl (C=O) groups is 1. The predicted octanol–water partition coefficient (Wildman–Crippen LogP) is 6.89. The molecule has 1 saturated carbocycles. The van der Waals surface area contributed by atoms with Gasteiger partial charge in [-0.2, -0.15) is 15.1 Å². The number of carbonyl (C=O) groups excluding carboxylic acids is 1. The second kappa shape index (κ2) is 12.2. The number of likely N-dealkylation sites (tertiary alicyclic amines) is 1. The van der Waals surface area contributed by atoms with Gasteiger partial charge in [-0.3, -0.25) is 0 Å². The van der Waals surface area contributed by atoms with Crippen LogP contribution >= 0.6 is 0 Å². The van der Waals surface area contributed by atoms with Crippen LogP contribution in [0.2, 0.25) is 25.7 Å². The van der Waals surface area contributed by atoms with Crippen molar-refractivity contribution >= 4 is 41.8 Å². The van der Waals surface area contributed by atoms with Crippen LogP contribution in [-0.2, 0) is 9.47 Å². The van der Waals surface area contributed by atoms with E-state index < -0.39 is 8.07 Å². The Labute approximate surface area is 274 Å². The molecule has 11 nitrogen and oxygen atoms in total. The van der Waals surface area contributed by atoms with Gasteiger partial charge in [0.05, 0.1) is 24.9 Å². The molecular weight excluding hydrogens is 619 g/mol. The first-order valence-corrected chi connectivity index (χ1v) is 20.4. The average Bonchev–Trinajstić information content (AvgIpc) is 3.63. The molecule has 1 aliphatic carbocycles. The number of hydrogen-bond donors (Lipinski definition) is 2. The van der Waals surface area contributed by atoms with Gasteiger partial charge in [-0.05, 0) is 68.2 Å². The molecule has 7 rings (SSSR count). The maximum Gasteiger partial charge on any atom is 0.409 e. The average molecular weight is 663 g/mol. The van der Waals surface area contributed by atoms with Gasteiger partial charge < -0.3 is 30.0 Å². The van der Waals surface area contributed by atoms with E-state index in [1.54, 1.807) is 22.7 Å². The number of ether oxygens (including phenoxy) is 3. The van der Waals surface area contributed by atoms with E-state index in [4.69, 9.17) is 19.9 Å². The normalized spacial score (nSPS) is 20.3. The number of nitrogens with zero attached hydrogens (tertiary/aromatic N) is 5. The quantitative estimate of drug-likeness (QED) is 0.193. The van der Waals surface area contributed by atoms with E-state index in [2.05, 4.69) is 34.7 Å². The van der Waals surface area contributed by atoms with E-state index in [-0.39, 0.29) is 53.3 Å². The van der Waals surface area contributed by atoms with Crippen molar-refractivity contribution in [1.29, 1.82) is 0 Å². The summed E-state index contributed by atoms with van der Waals surface area (Å²) in [4.78, 5) is 23.3. The molecule has 2 aliphatic heterocycles. The van der Waals surface area contributed by atoms with Gasteiger partial charge in [-0.15, -0.1) is 0 Å². The Balaban J connectivity index is 1.23. The molecule has 13 heteroatoms. The summed E-state index contributed by atoms with van der Waals surface area (Å²) in [5, 5.41) is 17.9. The van der Waals surface area contributed by atoms with Crippen molar-refractivity contribution in [3.63, 3.8) is 0 Å². The van der Waals surface area contributed by atoms with E-state index in [1.165, 1.54) is 6.07 Å². The van der Waals surface area contributed by atoms with Crippen molar-refractivity contribution in [3.8, 4) is 22.9 Å². The smallest absolute Gasteiger partial charge is 0.409 e. The first-order valence-electron chi connectivity index (χ1n) is 16.7. The van der Waals surface area contributed by atoms with Crippen LogP contribution in [0.3, 0.4) is 0 Å². The molecule has 2 aromatic carbocycles. The number of hydrogen-bond acceptors (Lipinski definition) is 9. The van der Waals surface area contributed by atoms with Gasteiger partial charge in [0, 0.05) is 55.6 Å². The molecular formula is C34H43FN6O5Si. The summed E-state index contributed by atoms with van der Waals surface area (Å²) in [5.74, 6) is -0.112. The summed E-state index contributed by atoms with van der Waals surface area (Å²) >= 11 is 0. The molecule has 2 atom stereocenters. The van der Waals surface area contributed by atoms with E-state index in [0.29, 0.717) is 60.3 Å². The number of fused-ring (bicyclic) bond motifs is 2. The molecule has 4 aromatic rings. The Morgan fingerprint density at radius 3 is 2.66 bits per heavy atom. The summed E-state index contributed by atoms with van der Waals surface area (Å²) in [7, 11) is -1.32. The minimum atomic E-state index is -1.32. The number of amides is 1. The highest BCUT2D eigenvalue weighted by molar-refractivity contribution is 6.76. The van der Waals surface area contributed by atoms with Crippen LogP contribution in [0.5, 0.6) is 11.8 Å². The number of nitrogens with two attached hydrogens (primary N) is 1. The van der Waals surface area contributed by atoms with Crippen molar-refractivity contribution in [2.24, 2.45) is 0 Å². The fourth-order valence-electron chi connectivity index (χ4n) is 6.70.